The summed E-state index contributed by atoms with van der Waals surface area (Å²) in [5.41, 5.74) is 0.920. The highest BCUT2D eigenvalue weighted by Crippen LogP contribution is 2.26. The minimum absolute atomic E-state index is 0.0483. The van der Waals surface area contributed by atoms with E-state index in [0.717, 1.165) is 17.1 Å². The molecule has 3 nitrogen and oxygen atoms in total. The number of ether oxygens (including phenoxy) is 2. The highest BCUT2D eigenvalue weighted by molar-refractivity contribution is 7.09. The normalized spacial score (nSPS) is 15.0. The summed E-state index contributed by atoms with van der Waals surface area (Å²) in [6.45, 7) is 4.69. The van der Waals surface area contributed by atoms with Gasteiger partial charge in [-0.25, -0.2) is 4.98 Å². The first-order valence-electron chi connectivity index (χ1n) is 5.35. The van der Waals surface area contributed by atoms with E-state index in [-0.39, 0.29) is 12.2 Å². The Morgan fingerprint density at radius 3 is 2.81 bits per heavy atom. The molecule has 0 saturated heterocycles. The quantitative estimate of drug-likeness (QED) is 0.707. The maximum atomic E-state index is 5.86. The van der Waals surface area contributed by atoms with Crippen LogP contribution >= 0.6 is 22.9 Å². The average Bonchev–Trinajstić information content (AvgIpc) is 2.74. The number of nitrogens with zero attached hydrogens (tertiary/aromatic N) is 1. The van der Waals surface area contributed by atoms with E-state index in [1.54, 1.807) is 18.4 Å². The minimum Gasteiger partial charge on any atom is -0.382 e. The number of rotatable bonds is 7. The van der Waals surface area contributed by atoms with Crippen LogP contribution in [0.3, 0.4) is 0 Å². The number of alkyl halides is 1. The average molecular weight is 264 g/mol. The second-order valence-electron chi connectivity index (χ2n) is 3.61. The van der Waals surface area contributed by atoms with Crippen LogP contribution in [-0.4, -0.2) is 24.8 Å². The van der Waals surface area contributed by atoms with E-state index >= 15 is 0 Å². The van der Waals surface area contributed by atoms with Gasteiger partial charge in [0.2, 0.25) is 0 Å². The van der Waals surface area contributed by atoms with Gasteiger partial charge in [-0.05, 0) is 13.3 Å². The third kappa shape index (κ3) is 4.01. The van der Waals surface area contributed by atoms with Gasteiger partial charge < -0.3 is 9.47 Å². The van der Waals surface area contributed by atoms with Gasteiger partial charge in [0.1, 0.15) is 11.1 Å². The van der Waals surface area contributed by atoms with Gasteiger partial charge in [-0.1, -0.05) is 6.92 Å². The van der Waals surface area contributed by atoms with Gasteiger partial charge in [-0.15, -0.1) is 22.9 Å². The van der Waals surface area contributed by atoms with E-state index in [2.05, 4.69) is 11.9 Å². The molecule has 92 valence electrons. The molecule has 0 bridgehead atoms. The Morgan fingerprint density at radius 2 is 2.31 bits per heavy atom. The zero-order valence-corrected chi connectivity index (χ0v) is 11.5. The molecular formula is C11H18ClNO2S. The molecular weight excluding hydrogens is 246 g/mol. The molecule has 5 heteroatoms. The van der Waals surface area contributed by atoms with E-state index in [1.807, 2.05) is 12.3 Å². The highest BCUT2D eigenvalue weighted by Gasteiger charge is 2.17. The fraction of sp³-hybridized carbons (Fsp3) is 0.727. The summed E-state index contributed by atoms with van der Waals surface area (Å²) in [5.74, 6) is 0.459. The van der Waals surface area contributed by atoms with Gasteiger partial charge in [0.05, 0.1) is 24.3 Å². The first kappa shape index (κ1) is 13.9. The molecule has 0 fully saturated rings. The SMILES string of the molecule is CCC(OC(C)COC)c1nc(CCl)cs1. The zero-order valence-electron chi connectivity index (χ0n) is 9.90. The van der Waals surface area contributed by atoms with Crippen LogP contribution in [0, 0.1) is 0 Å². The van der Waals surface area contributed by atoms with E-state index in [1.165, 1.54) is 0 Å². The predicted molar refractivity (Wildman–Crippen MR) is 67.1 cm³/mol. The Bertz CT molecular complexity index is 306. The van der Waals surface area contributed by atoms with Gasteiger partial charge in [0.15, 0.2) is 0 Å². The van der Waals surface area contributed by atoms with Crippen LogP contribution in [0.2, 0.25) is 0 Å². The van der Waals surface area contributed by atoms with Crippen molar-refractivity contribution in [3.05, 3.63) is 16.1 Å². The molecule has 16 heavy (non-hydrogen) atoms. The maximum Gasteiger partial charge on any atom is 0.122 e. The number of halogens is 1. The summed E-state index contributed by atoms with van der Waals surface area (Å²) in [4.78, 5) is 4.43. The van der Waals surface area contributed by atoms with Gasteiger partial charge in [-0.2, -0.15) is 0 Å². The number of aromatic nitrogens is 1. The summed E-state index contributed by atoms with van der Waals surface area (Å²) >= 11 is 7.33. The summed E-state index contributed by atoms with van der Waals surface area (Å²) in [7, 11) is 1.68. The molecule has 0 N–H and O–H groups in total. The first-order chi connectivity index (χ1) is 7.71. The number of thiazole rings is 1. The molecule has 0 aliphatic carbocycles. The Morgan fingerprint density at radius 1 is 1.56 bits per heavy atom. The molecule has 0 radical (unpaired) electrons. The van der Waals surface area contributed by atoms with Crippen LogP contribution in [0.15, 0.2) is 5.38 Å². The highest BCUT2D eigenvalue weighted by atomic mass is 35.5. The van der Waals surface area contributed by atoms with Gasteiger partial charge in [-0.3, -0.25) is 0 Å². The van der Waals surface area contributed by atoms with Crippen LogP contribution in [0.5, 0.6) is 0 Å². The first-order valence-corrected chi connectivity index (χ1v) is 6.77. The molecule has 0 aromatic carbocycles. The van der Waals surface area contributed by atoms with Crippen molar-refractivity contribution >= 4 is 22.9 Å². The molecule has 0 saturated carbocycles. The lowest BCUT2D eigenvalue weighted by Gasteiger charge is -2.19. The topological polar surface area (TPSA) is 31.4 Å². The van der Waals surface area contributed by atoms with Crippen LogP contribution in [-0.2, 0) is 15.4 Å². The molecule has 0 amide bonds. The molecule has 2 unspecified atom stereocenters. The molecule has 1 rings (SSSR count). The third-order valence-corrected chi connectivity index (χ3v) is 3.41. The van der Waals surface area contributed by atoms with Crippen molar-refractivity contribution in [3.8, 4) is 0 Å². The van der Waals surface area contributed by atoms with Crippen molar-refractivity contribution < 1.29 is 9.47 Å². The monoisotopic (exact) mass is 263 g/mol. The fourth-order valence-electron chi connectivity index (χ4n) is 1.42. The van der Waals surface area contributed by atoms with Gasteiger partial charge >= 0.3 is 0 Å². The van der Waals surface area contributed by atoms with E-state index in [9.17, 15) is 0 Å². The third-order valence-electron chi connectivity index (χ3n) is 2.15. The molecule has 1 heterocycles. The number of hydrogen-bond donors (Lipinski definition) is 0. The summed E-state index contributed by atoms with van der Waals surface area (Å²) in [6, 6.07) is 0. The van der Waals surface area contributed by atoms with Crippen molar-refractivity contribution in [2.75, 3.05) is 13.7 Å². The van der Waals surface area contributed by atoms with Gasteiger partial charge in [0, 0.05) is 12.5 Å². The van der Waals surface area contributed by atoms with Crippen molar-refractivity contribution in [2.24, 2.45) is 0 Å². The van der Waals surface area contributed by atoms with E-state index < -0.39 is 0 Å². The molecule has 0 spiro atoms. The van der Waals surface area contributed by atoms with Crippen LogP contribution in [0.4, 0.5) is 0 Å². The Kier molecular flexibility index (Phi) is 6.28. The summed E-state index contributed by atoms with van der Waals surface area (Å²) in [5, 5.41) is 2.98. The van der Waals surface area contributed by atoms with Crippen LogP contribution < -0.4 is 0 Å². The Balaban J connectivity index is 2.59. The fourth-order valence-corrected chi connectivity index (χ4v) is 2.58. The largest absolute Gasteiger partial charge is 0.382 e. The van der Waals surface area contributed by atoms with E-state index in [0.29, 0.717) is 12.5 Å². The summed E-state index contributed by atoms with van der Waals surface area (Å²) in [6.07, 6.45) is 1.04. The zero-order chi connectivity index (χ0) is 12.0. The molecule has 1 aromatic heterocycles. The predicted octanol–water partition coefficient (Wildman–Crippen LogP) is 3.38. The summed E-state index contributed by atoms with van der Waals surface area (Å²) < 4.78 is 10.9. The lowest BCUT2D eigenvalue weighted by atomic mass is 10.3. The van der Waals surface area contributed by atoms with Crippen LogP contribution in [0.25, 0.3) is 0 Å². The second-order valence-corrected chi connectivity index (χ2v) is 4.77. The number of methoxy groups -OCH3 is 1. The Labute approximate surface area is 106 Å². The van der Waals surface area contributed by atoms with E-state index in [4.69, 9.17) is 21.1 Å². The van der Waals surface area contributed by atoms with Crippen molar-refractivity contribution in [1.29, 1.82) is 0 Å². The molecule has 0 aliphatic heterocycles. The van der Waals surface area contributed by atoms with Crippen LogP contribution in [0.1, 0.15) is 37.1 Å². The van der Waals surface area contributed by atoms with Crippen molar-refractivity contribution in [3.63, 3.8) is 0 Å². The Hall–Kier alpha value is -0.160. The second kappa shape index (κ2) is 7.22. The smallest absolute Gasteiger partial charge is 0.122 e. The minimum atomic E-state index is 0.0483. The standard InChI is InChI=1S/C11H18ClNO2S/c1-4-10(15-8(2)6-14-3)11-13-9(5-12)7-16-11/h7-8,10H,4-6H2,1-3H3. The van der Waals surface area contributed by atoms with Crippen molar-refractivity contribution in [2.45, 2.75) is 38.4 Å². The number of hydrogen-bond acceptors (Lipinski definition) is 4. The lowest BCUT2D eigenvalue weighted by molar-refractivity contribution is -0.0416. The molecule has 0 aliphatic rings. The van der Waals surface area contributed by atoms with Crippen molar-refractivity contribution in [1.82, 2.24) is 4.98 Å². The molecule has 2 atom stereocenters. The lowest BCUT2D eigenvalue weighted by Crippen LogP contribution is -2.18. The molecule has 1 aromatic rings. The van der Waals surface area contributed by atoms with Gasteiger partial charge in [0.25, 0.3) is 0 Å². The maximum absolute atomic E-state index is 5.86.